The van der Waals surface area contributed by atoms with Crippen molar-refractivity contribution in [2.24, 2.45) is 11.3 Å². The summed E-state index contributed by atoms with van der Waals surface area (Å²) in [5.74, 6) is -2.60. The lowest BCUT2D eigenvalue weighted by Crippen LogP contribution is -2.61. The van der Waals surface area contributed by atoms with Crippen molar-refractivity contribution in [3.63, 3.8) is 0 Å². The van der Waals surface area contributed by atoms with Crippen LogP contribution in [0.5, 0.6) is 0 Å². The minimum atomic E-state index is -0.876. The van der Waals surface area contributed by atoms with Gasteiger partial charge in [-0.3, -0.25) is 14.4 Å². The fourth-order valence-corrected chi connectivity index (χ4v) is 4.70. The van der Waals surface area contributed by atoms with Gasteiger partial charge in [0.1, 0.15) is 5.70 Å². The number of carbonyl (C=O) groups excluding carboxylic acids is 4. The Morgan fingerprint density at radius 1 is 1.25 bits per heavy atom. The van der Waals surface area contributed by atoms with Crippen LogP contribution in [0.25, 0.3) is 5.57 Å². The molecule has 174 valence electrons. The van der Waals surface area contributed by atoms with E-state index in [4.69, 9.17) is 9.47 Å². The van der Waals surface area contributed by atoms with Crippen molar-refractivity contribution >= 4 is 40.7 Å². The highest BCUT2D eigenvalue weighted by atomic mass is 32.1. The summed E-state index contributed by atoms with van der Waals surface area (Å²) in [5.41, 5.74) is 0.743. The lowest BCUT2D eigenvalue weighted by atomic mass is 9.82. The lowest BCUT2D eigenvalue weighted by molar-refractivity contribution is -0.175. The number of fused-ring (bicyclic) bond motifs is 1. The van der Waals surface area contributed by atoms with Gasteiger partial charge in [-0.15, -0.1) is 0 Å². The molecule has 2 aliphatic heterocycles. The Morgan fingerprint density at radius 3 is 2.47 bits per heavy atom. The van der Waals surface area contributed by atoms with Gasteiger partial charge in [-0.2, -0.15) is 11.3 Å². The molecule has 0 aliphatic carbocycles. The average Bonchev–Trinajstić information content (AvgIpc) is 3.28. The number of carbonyl (C=O) groups is 4. The summed E-state index contributed by atoms with van der Waals surface area (Å²) >= 11 is 1.31. The minimum absolute atomic E-state index is 0.0231. The van der Waals surface area contributed by atoms with E-state index in [1.807, 2.05) is 0 Å². The summed E-state index contributed by atoms with van der Waals surface area (Å²) in [6.07, 6.45) is -0.573. The number of ether oxygens (including phenoxy) is 2. The molecule has 1 aromatic heterocycles. The summed E-state index contributed by atoms with van der Waals surface area (Å²) in [7, 11) is 3.26. The van der Waals surface area contributed by atoms with Gasteiger partial charge in [-0.05, 0) is 45.1 Å². The largest absolute Gasteiger partial charge is 0.427 e. The fraction of sp³-hybridized carbons (Fsp3) is 0.545. The lowest BCUT2D eigenvalue weighted by Gasteiger charge is -2.44. The molecular weight excluding hydrogens is 436 g/mol. The molecule has 1 aromatic rings. The molecule has 2 aliphatic rings. The van der Waals surface area contributed by atoms with E-state index < -0.39 is 42.2 Å². The van der Waals surface area contributed by atoms with Gasteiger partial charge in [0.25, 0.3) is 5.91 Å². The Morgan fingerprint density at radius 2 is 1.91 bits per heavy atom. The zero-order chi connectivity index (χ0) is 24.0. The van der Waals surface area contributed by atoms with Gasteiger partial charge in [0.05, 0.1) is 29.0 Å². The van der Waals surface area contributed by atoms with Gasteiger partial charge in [-0.1, -0.05) is 0 Å². The number of amides is 2. The van der Waals surface area contributed by atoms with Crippen LogP contribution in [-0.2, 0) is 23.9 Å². The second-order valence-electron chi connectivity index (χ2n) is 9.20. The van der Waals surface area contributed by atoms with Gasteiger partial charge >= 0.3 is 11.9 Å². The quantitative estimate of drug-likeness (QED) is 0.388. The normalized spacial score (nSPS) is 21.1. The first-order valence-electron chi connectivity index (χ1n) is 10.2. The van der Waals surface area contributed by atoms with E-state index in [0.717, 1.165) is 0 Å². The summed E-state index contributed by atoms with van der Waals surface area (Å²) in [6, 6.07) is -0.403. The molecule has 32 heavy (non-hydrogen) atoms. The molecule has 3 heterocycles. The van der Waals surface area contributed by atoms with Crippen molar-refractivity contribution in [2.45, 2.75) is 46.3 Å². The van der Waals surface area contributed by atoms with E-state index in [0.29, 0.717) is 23.1 Å². The highest BCUT2D eigenvalue weighted by Gasteiger charge is 2.57. The number of hydrogen-bond acceptors (Lipinski definition) is 8. The predicted molar refractivity (Wildman–Crippen MR) is 116 cm³/mol. The van der Waals surface area contributed by atoms with Crippen LogP contribution in [-0.4, -0.2) is 71.7 Å². The number of hydrogen-bond donors (Lipinski definition) is 1. The Bertz CT molecular complexity index is 987. The number of aliphatic hydroxyl groups is 1. The predicted octanol–water partition coefficient (Wildman–Crippen LogP) is 1.86. The molecule has 0 bridgehead atoms. The summed E-state index contributed by atoms with van der Waals surface area (Å²) in [4.78, 5) is 53.0. The van der Waals surface area contributed by atoms with Gasteiger partial charge in [-0.25, -0.2) is 4.79 Å². The van der Waals surface area contributed by atoms with Crippen LogP contribution in [0.1, 0.15) is 50.0 Å². The molecule has 1 saturated heterocycles. The molecule has 0 aromatic carbocycles. The molecule has 0 radical (unpaired) electrons. The second-order valence-corrected chi connectivity index (χ2v) is 9.95. The number of esters is 2. The van der Waals surface area contributed by atoms with Crippen LogP contribution < -0.4 is 0 Å². The van der Waals surface area contributed by atoms with Crippen LogP contribution >= 0.6 is 11.3 Å². The first-order chi connectivity index (χ1) is 14.9. The SMILES string of the molecule is CC(O)C1C(=O)N2C(C(=O)OCOC(=O)C(C)(C)C)=C(c3cscc3C(=O)N(C)C)CC12. The van der Waals surface area contributed by atoms with E-state index in [9.17, 15) is 24.3 Å². The monoisotopic (exact) mass is 464 g/mol. The van der Waals surface area contributed by atoms with E-state index >= 15 is 0 Å². The average molecular weight is 465 g/mol. The van der Waals surface area contributed by atoms with Crippen LogP contribution in [0.3, 0.4) is 0 Å². The maximum atomic E-state index is 13.0. The van der Waals surface area contributed by atoms with E-state index in [2.05, 4.69) is 0 Å². The van der Waals surface area contributed by atoms with Gasteiger partial charge in [0, 0.05) is 25.0 Å². The maximum absolute atomic E-state index is 13.0. The summed E-state index contributed by atoms with van der Waals surface area (Å²) < 4.78 is 10.2. The standard InChI is InChI=1S/C22H28N2O7S/c1-11(25)16-15-7-12(13-8-32-9-14(13)18(26)23(5)6)17(24(15)19(16)27)20(28)30-10-31-21(29)22(2,3)4/h8-9,11,15-16,25H,7,10H2,1-6H3. The number of β-lactam (4-membered cyclic amide) rings is 1. The zero-order valence-corrected chi connectivity index (χ0v) is 19.8. The molecule has 10 heteroatoms. The van der Waals surface area contributed by atoms with Crippen molar-refractivity contribution in [1.82, 2.24) is 9.80 Å². The highest BCUT2D eigenvalue weighted by molar-refractivity contribution is 7.08. The van der Waals surface area contributed by atoms with Crippen LogP contribution in [0, 0.1) is 11.3 Å². The van der Waals surface area contributed by atoms with E-state index in [1.165, 1.54) is 28.1 Å². The Labute approximate surface area is 190 Å². The molecule has 1 fully saturated rings. The maximum Gasteiger partial charge on any atom is 0.358 e. The Hall–Kier alpha value is -2.72. The van der Waals surface area contributed by atoms with Crippen LogP contribution in [0.2, 0.25) is 0 Å². The molecule has 9 nitrogen and oxygen atoms in total. The third kappa shape index (κ3) is 4.16. The van der Waals surface area contributed by atoms with E-state index in [-0.39, 0.29) is 17.5 Å². The Balaban J connectivity index is 1.92. The van der Waals surface area contributed by atoms with Crippen LogP contribution in [0.4, 0.5) is 0 Å². The van der Waals surface area contributed by atoms with Crippen molar-refractivity contribution in [3.8, 4) is 0 Å². The van der Waals surface area contributed by atoms with Crippen molar-refractivity contribution in [2.75, 3.05) is 20.9 Å². The van der Waals surface area contributed by atoms with Gasteiger partial charge in [0.2, 0.25) is 12.7 Å². The highest BCUT2D eigenvalue weighted by Crippen LogP contribution is 2.48. The molecule has 3 rings (SSSR count). The summed E-state index contributed by atoms with van der Waals surface area (Å²) in [5, 5.41) is 13.5. The fourth-order valence-electron chi connectivity index (χ4n) is 3.86. The zero-order valence-electron chi connectivity index (χ0n) is 19.0. The third-order valence-corrected chi connectivity index (χ3v) is 6.28. The van der Waals surface area contributed by atoms with E-state index in [1.54, 1.807) is 45.6 Å². The molecule has 1 N–H and O–H groups in total. The molecule has 3 unspecified atom stereocenters. The first kappa shape index (κ1) is 23.9. The first-order valence-corrected chi connectivity index (χ1v) is 11.2. The molecule has 2 amide bonds. The third-order valence-electron chi connectivity index (χ3n) is 5.54. The van der Waals surface area contributed by atoms with Gasteiger partial charge in [0.15, 0.2) is 0 Å². The number of thiophene rings is 1. The molecule has 0 spiro atoms. The Kier molecular flexibility index (Phi) is 6.48. The number of rotatable bonds is 6. The van der Waals surface area contributed by atoms with Crippen molar-refractivity contribution in [1.29, 1.82) is 0 Å². The smallest absolute Gasteiger partial charge is 0.358 e. The molecule has 3 atom stereocenters. The summed E-state index contributed by atoms with van der Waals surface area (Å²) in [6.45, 7) is 5.97. The van der Waals surface area contributed by atoms with Crippen molar-refractivity contribution < 1.29 is 33.8 Å². The molecule has 0 saturated carbocycles. The van der Waals surface area contributed by atoms with Crippen molar-refractivity contribution in [3.05, 3.63) is 27.6 Å². The van der Waals surface area contributed by atoms with Crippen LogP contribution in [0.15, 0.2) is 16.5 Å². The second kappa shape index (κ2) is 8.67. The number of nitrogens with zero attached hydrogens (tertiary/aromatic N) is 2. The van der Waals surface area contributed by atoms with Gasteiger partial charge < -0.3 is 24.4 Å². The topological polar surface area (TPSA) is 113 Å². The minimum Gasteiger partial charge on any atom is -0.427 e. The molecular formula is C22H28N2O7S. The number of aliphatic hydroxyl groups excluding tert-OH is 1.